The quantitative estimate of drug-likeness (QED) is 0.758. The predicted molar refractivity (Wildman–Crippen MR) is 81.9 cm³/mol. The van der Waals surface area contributed by atoms with Crippen molar-refractivity contribution in [3.8, 4) is 0 Å². The first-order valence-corrected chi connectivity index (χ1v) is 8.16. The van der Waals surface area contributed by atoms with Gasteiger partial charge in [-0.05, 0) is 26.3 Å². The maximum absolute atomic E-state index is 12.4. The second-order valence-electron chi connectivity index (χ2n) is 4.72. The Morgan fingerprint density at radius 2 is 2.10 bits per heavy atom. The Labute approximate surface area is 124 Å². The maximum atomic E-state index is 12.4. The molecule has 2 aromatic heterocycles. The zero-order valence-corrected chi connectivity index (χ0v) is 13.1. The van der Waals surface area contributed by atoms with Crippen LogP contribution in [0.3, 0.4) is 0 Å². The lowest BCUT2D eigenvalue weighted by molar-refractivity contribution is 0.601. The van der Waals surface area contributed by atoms with Gasteiger partial charge in [0.05, 0.1) is 22.0 Å². The molecule has 2 heterocycles. The van der Waals surface area contributed by atoms with Gasteiger partial charge in [-0.1, -0.05) is 6.92 Å². The SMILES string of the molecule is CCCNc1cc(S(=O)(=O)Nc2c(C)n[nH]c2C)ccn1. The Morgan fingerprint density at radius 3 is 2.71 bits per heavy atom. The predicted octanol–water partition coefficient (Wildman–Crippen LogP) is 2.04. The molecule has 8 heteroatoms. The molecule has 114 valence electrons. The number of aromatic nitrogens is 3. The minimum Gasteiger partial charge on any atom is -0.370 e. The Balaban J connectivity index is 2.27. The van der Waals surface area contributed by atoms with Crippen LogP contribution in [0, 0.1) is 13.8 Å². The molecule has 0 aliphatic heterocycles. The molecule has 0 spiro atoms. The maximum Gasteiger partial charge on any atom is 0.262 e. The highest BCUT2D eigenvalue weighted by molar-refractivity contribution is 7.92. The van der Waals surface area contributed by atoms with Crippen LogP contribution in [0.25, 0.3) is 0 Å². The highest BCUT2D eigenvalue weighted by Gasteiger charge is 2.18. The van der Waals surface area contributed by atoms with Gasteiger partial charge in [-0.2, -0.15) is 5.10 Å². The normalized spacial score (nSPS) is 11.4. The van der Waals surface area contributed by atoms with Crippen molar-refractivity contribution in [2.45, 2.75) is 32.1 Å². The highest BCUT2D eigenvalue weighted by Crippen LogP contribution is 2.22. The molecule has 0 aromatic carbocycles. The van der Waals surface area contributed by atoms with Crippen LogP contribution in [0.15, 0.2) is 23.2 Å². The van der Waals surface area contributed by atoms with Crippen LogP contribution in [0.5, 0.6) is 0 Å². The number of rotatable bonds is 6. The van der Waals surface area contributed by atoms with E-state index in [4.69, 9.17) is 0 Å². The second kappa shape index (κ2) is 6.13. The molecule has 3 N–H and O–H groups in total. The van der Waals surface area contributed by atoms with E-state index < -0.39 is 10.0 Å². The topological polar surface area (TPSA) is 99.8 Å². The van der Waals surface area contributed by atoms with Crippen molar-refractivity contribution in [1.29, 1.82) is 0 Å². The van der Waals surface area contributed by atoms with E-state index in [1.807, 2.05) is 6.92 Å². The summed E-state index contributed by atoms with van der Waals surface area (Å²) in [6.07, 6.45) is 2.41. The Kier molecular flexibility index (Phi) is 4.46. The number of sulfonamides is 1. The summed E-state index contributed by atoms with van der Waals surface area (Å²) in [6, 6.07) is 2.98. The summed E-state index contributed by atoms with van der Waals surface area (Å²) in [5, 5.41) is 9.79. The Morgan fingerprint density at radius 1 is 1.33 bits per heavy atom. The minimum absolute atomic E-state index is 0.163. The lowest BCUT2D eigenvalue weighted by atomic mass is 10.3. The molecule has 0 aliphatic rings. The molecule has 2 aromatic rings. The third-order valence-corrected chi connectivity index (χ3v) is 4.31. The molecule has 0 radical (unpaired) electrons. The number of anilines is 2. The van der Waals surface area contributed by atoms with Crippen LogP contribution in [0.1, 0.15) is 24.7 Å². The van der Waals surface area contributed by atoms with E-state index in [1.165, 1.54) is 18.3 Å². The molecular formula is C13H19N5O2S. The van der Waals surface area contributed by atoms with Gasteiger partial charge in [-0.25, -0.2) is 13.4 Å². The van der Waals surface area contributed by atoms with E-state index in [0.717, 1.165) is 13.0 Å². The zero-order valence-electron chi connectivity index (χ0n) is 12.3. The molecule has 0 amide bonds. The molecule has 21 heavy (non-hydrogen) atoms. The molecule has 0 saturated heterocycles. The summed E-state index contributed by atoms with van der Waals surface area (Å²) in [7, 11) is -3.67. The van der Waals surface area contributed by atoms with Crippen molar-refractivity contribution < 1.29 is 8.42 Å². The van der Waals surface area contributed by atoms with Gasteiger partial charge in [0.25, 0.3) is 10.0 Å². The van der Waals surface area contributed by atoms with Gasteiger partial charge in [0.15, 0.2) is 0 Å². The van der Waals surface area contributed by atoms with Crippen molar-refractivity contribution in [3.05, 3.63) is 29.7 Å². The van der Waals surface area contributed by atoms with Crippen LogP contribution in [0.2, 0.25) is 0 Å². The average Bonchev–Trinajstić information content (AvgIpc) is 2.77. The molecule has 0 fully saturated rings. The molecule has 0 atom stereocenters. The first-order chi connectivity index (χ1) is 9.94. The summed E-state index contributed by atoms with van der Waals surface area (Å²) in [4.78, 5) is 4.26. The fourth-order valence-electron chi connectivity index (χ4n) is 1.82. The number of hydrogen-bond donors (Lipinski definition) is 3. The van der Waals surface area contributed by atoms with Crippen molar-refractivity contribution in [2.24, 2.45) is 0 Å². The van der Waals surface area contributed by atoms with E-state index in [-0.39, 0.29) is 4.90 Å². The zero-order chi connectivity index (χ0) is 15.5. The van der Waals surface area contributed by atoms with Crippen molar-refractivity contribution in [1.82, 2.24) is 15.2 Å². The van der Waals surface area contributed by atoms with E-state index >= 15 is 0 Å². The molecule has 0 aliphatic carbocycles. The number of pyridine rings is 1. The summed E-state index contributed by atoms with van der Waals surface area (Å²) in [5.74, 6) is 0.542. The number of aromatic amines is 1. The number of nitrogens with one attached hydrogen (secondary N) is 3. The average molecular weight is 309 g/mol. The number of hydrogen-bond acceptors (Lipinski definition) is 5. The van der Waals surface area contributed by atoms with Crippen LogP contribution in [0.4, 0.5) is 11.5 Å². The van der Waals surface area contributed by atoms with Gasteiger partial charge in [-0.15, -0.1) is 0 Å². The van der Waals surface area contributed by atoms with E-state index in [1.54, 1.807) is 13.8 Å². The first-order valence-electron chi connectivity index (χ1n) is 6.68. The molecule has 7 nitrogen and oxygen atoms in total. The lowest BCUT2D eigenvalue weighted by Gasteiger charge is -2.10. The molecule has 0 bridgehead atoms. The summed E-state index contributed by atoms with van der Waals surface area (Å²) in [5.41, 5.74) is 1.76. The van der Waals surface area contributed by atoms with E-state index in [0.29, 0.717) is 22.9 Å². The van der Waals surface area contributed by atoms with Gasteiger partial charge in [-0.3, -0.25) is 9.82 Å². The second-order valence-corrected chi connectivity index (χ2v) is 6.40. The van der Waals surface area contributed by atoms with E-state index in [9.17, 15) is 8.42 Å². The summed E-state index contributed by atoms with van der Waals surface area (Å²) in [6.45, 7) is 6.27. The molecular weight excluding hydrogens is 290 g/mol. The van der Waals surface area contributed by atoms with Gasteiger partial charge in [0, 0.05) is 18.8 Å². The van der Waals surface area contributed by atoms with Gasteiger partial charge in [0.2, 0.25) is 0 Å². The van der Waals surface area contributed by atoms with Crippen LogP contribution in [-0.4, -0.2) is 30.1 Å². The van der Waals surface area contributed by atoms with Crippen LogP contribution >= 0.6 is 0 Å². The largest absolute Gasteiger partial charge is 0.370 e. The van der Waals surface area contributed by atoms with E-state index in [2.05, 4.69) is 25.2 Å². The Bertz CT molecular complexity index is 704. The van der Waals surface area contributed by atoms with Crippen LogP contribution in [-0.2, 0) is 10.0 Å². The third-order valence-electron chi connectivity index (χ3n) is 2.96. The van der Waals surface area contributed by atoms with Gasteiger partial charge < -0.3 is 5.32 Å². The van der Waals surface area contributed by atoms with Gasteiger partial charge in [0.1, 0.15) is 5.82 Å². The smallest absolute Gasteiger partial charge is 0.262 e. The Hall–Kier alpha value is -2.09. The lowest BCUT2D eigenvalue weighted by Crippen LogP contribution is -2.14. The molecule has 0 unspecified atom stereocenters. The molecule has 2 rings (SSSR count). The van der Waals surface area contributed by atoms with Crippen molar-refractivity contribution >= 4 is 21.5 Å². The molecule has 0 saturated carbocycles. The first kappa shape index (κ1) is 15.3. The highest BCUT2D eigenvalue weighted by atomic mass is 32.2. The third kappa shape index (κ3) is 3.52. The number of H-pyrrole nitrogens is 1. The van der Waals surface area contributed by atoms with Gasteiger partial charge >= 0.3 is 0 Å². The van der Waals surface area contributed by atoms with Crippen molar-refractivity contribution in [2.75, 3.05) is 16.6 Å². The number of aryl methyl sites for hydroxylation is 2. The van der Waals surface area contributed by atoms with Crippen LogP contribution < -0.4 is 10.0 Å². The number of nitrogens with zero attached hydrogens (tertiary/aromatic N) is 2. The summed E-state index contributed by atoms with van der Waals surface area (Å²) >= 11 is 0. The van der Waals surface area contributed by atoms with Crippen molar-refractivity contribution in [3.63, 3.8) is 0 Å². The standard InChI is InChI=1S/C13H19N5O2S/c1-4-6-14-12-8-11(5-7-15-12)21(19,20)18-13-9(2)16-17-10(13)3/h5,7-8,18H,4,6H2,1-3H3,(H,14,15)(H,16,17). The monoisotopic (exact) mass is 309 g/mol. The fraction of sp³-hybridized carbons (Fsp3) is 0.385. The minimum atomic E-state index is -3.67. The summed E-state index contributed by atoms with van der Waals surface area (Å²) < 4.78 is 27.4. The fourth-order valence-corrected chi connectivity index (χ4v) is 3.02.